The second-order valence-corrected chi connectivity index (χ2v) is 7.20. The van der Waals surface area contributed by atoms with Crippen LogP contribution in [0.4, 0.5) is 26.6 Å². The van der Waals surface area contributed by atoms with Gasteiger partial charge in [-0.25, -0.2) is 14.2 Å². The lowest BCUT2D eigenvalue weighted by Crippen LogP contribution is -2.11. The van der Waals surface area contributed by atoms with E-state index in [2.05, 4.69) is 36.1 Å². The van der Waals surface area contributed by atoms with Crippen molar-refractivity contribution in [1.29, 1.82) is 0 Å². The minimum atomic E-state index is -0.315. The number of benzene rings is 3. The van der Waals surface area contributed by atoms with E-state index in [4.69, 9.17) is 0 Å². The van der Waals surface area contributed by atoms with Crippen LogP contribution in [0.1, 0.15) is 16.7 Å². The van der Waals surface area contributed by atoms with E-state index in [0.717, 1.165) is 11.1 Å². The van der Waals surface area contributed by atoms with Crippen LogP contribution in [0.3, 0.4) is 0 Å². The molecule has 8 nitrogen and oxygen atoms in total. The van der Waals surface area contributed by atoms with Crippen LogP contribution in [0.25, 0.3) is 0 Å². The average Bonchev–Trinajstić information content (AvgIpc) is 2.84. The first-order valence-electron chi connectivity index (χ1n) is 10.3. The first-order valence-corrected chi connectivity index (χ1v) is 10.3. The van der Waals surface area contributed by atoms with Gasteiger partial charge in [-0.05, 0) is 47.5 Å². The molecule has 4 N–H and O–H groups in total. The van der Waals surface area contributed by atoms with Crippen LogP contribution in [0, 0.1) is 11.6 Å². The Hall–Kier alpha value is -4.60. The topological polar surface area (TPSA) is 107 Å². The predicted molar refractivity (Wildman–Crippen MR) is 127 cm³/mol. The molecule has 0 aliphatic heterocycles. The fraction of sp³-hybridized carbons (Fsp3) is 0.0833. The van der Waals surface area contributed by atoms with Crippen LogP contribution in [0.5, 0.6) is 5.75 Å². The third kappa shape index (κ3) is 6.45. The number of anilines is 3. The van der Waals surface area contributed by atoms with Crippen molar-refractivity contribution in [2.45, 2.75) is 13.1 Å². The second-order valence-electron chi connectivity index (χ2n) is 7.20. The summed E-state index contributed by atoms with van der Waals surface area (Å²) in [4.78, 5) is 13.0. The minimum absolute atomic E-state index is 0.0898. The second kappa shape index (κ2) is 10.8. The first-order chi connectivity index (χ1) is 16.5. The lowest BCUT2D eigenvalue weighted by atomic mass is 10.2. The molecule has 34 heavy (non-hydrogen) atoms. The van der Waals surface area contributed by atoms with Crippen molar-refractivity contribution in [3.63, 3.8) is 0 Å². The molecule has 0 amide bonds. The number of phenolic OH excluding ortho intramolecular Hbond substituents is 1. The summed E-state index contributed by atoms with van der Waals surface area (Å²) in [5.74, 6) is 0.147. The number of phenols is 1. The van der Waals surface area contributed by atoms with E-state index in [1.54, 1.807) is 48.5 Å². The zero-order valence-corrected chi connectivity index (χ0v) is 17.9. The maximum atomic E-state index is 13.1. The van der Waals surface area contributed by atoms with Crippen LogP contribution >= 0.6 is 0 Å². The molecule has 10 heteroatoms. The Balaban J connectivity index is 1.50. The summed E-state index contributed by atoms with van der Waals surface area (Å²) < 4.78 is 26.3. The van der Waals surface area contributed by atoms with E-state index in [9.17, 15) is 13.9 Å². The molecule has 0 saturated carbocycles. The number of hydrazone groups is 1. The normalized spacial score (nSPS) is 10.9. The van der Waals surface area contributed by atoms with E-state index >= 15 is 0 Å². The number of hydrogen-bond donors (Lipinski definition) is 4. The van der Waals surface area contributed by atoms with Gasteiger partial charge < -0.3 is 15.7 Å². The molecule has 0 aliphatic carbocycles. The molecule has 4 rings (SSSR count). The molecule has 0 aliphatic rings. The maximum absolute atomic E-state index is 13.1. The molecule has 172 valence electrons. The fourth-order valence-corrected chi connectivity index (χ4v) is 2.91. The van der Waals surface area contributed by atoms with Crippen molar-refractivity contribution in [2.24, 2.45) is 5.10 Å². The quantitative estimate of drug-likeness (QED) is 0.214. The molecule has 4 aromatic rings. The summed E-state index contributed by atoms with van der Waals surface area (Å²) in [5.41, 5.74) is 4.94. The van der Waals surface area contributed by atoms with Crippen molar-refractivity contribution >= 4 is 24.1 Å². The molecule has 0 atom stereocenters. The van der Waals surface area contributed by atoms with Gasteiger partial charge in [0.25, 0.3) is 0 Å². The number of halogens is 2. The Morgan fingerprint density at radius 3 is 1.74 bits per heavy atom. The van der Waals surface area contributed by atoms with E-state index < -0.39 is 0 Å². The predicted octanol–water partition coefficient (Wildman–Crippen LogP) is 4.53. The standard InChI is InChI=1S/C24H21F2N7O/c25-19-9-5-16(6-10-19)13-27-22-30-23(28-14-17-7-11-20(26)12-8-17)32-24(31-22)33-29-15-18-3-1-2-4-21(18)34/h1-12,15,34H,13-14H2,(H3,27,28,30,31,32,33)/b29-15+. The Morgan fingerprint density at radius 1 is 0.706 bits per heavy atom. The van der Waals surface area contributed by atoms with Crippen LogP contribution in [0.15, 0.2) is 77.9 Å². The summed E-state index contributed by atoms with van der Waals surface area (Å²) in [7, 11) is 0. The van der Waals surface area contributed by atoms with Gasteiger partial charge in [0.1, 0.15) is 17.4 Å². The number of aromatic nitrogens is 3. The molecule has 0 unspecified atom stereocenters. The van der Waals surface area contributed by atoms with Gasteiger partial charge in [-0.2, -0.15) is 20.1 Å². The fourth-order valence-electron chi connectivity index (χ4n) is 2.91. The summed E-state index contributed by atoms with van der Waals surface area (Å²) in [6.45, 7) is 0.727. The highest BCUT2D eigenvalue weighted by molar-refractivity contribution is 5.83. The largest absolute Gasteiger partial charge is 0.507 e. The van der Waals surface area contributed by atoms with Crippen LogP contribution in [-0.2, 0) is 13.1 Å². The number of hydrogen-bond acceptors (Lipinski definition) is 8. The van der Waals surface area contributed by atoms with Crippen molar-refractivity contribution in [1.82, 2.24) is 15.0 Å². The minimum Gasteiger partial charge on any atom is -0.507 e. The van der Waals surface area contributed by atoms with Crippen molar-refractivity contribution in [2.75, 3.05) is 16.1 Å². The van der Waals surface area contributed by atoms with Crippen molar-refractivity contribution < 1.29 is 13.9 Å². The molecule has 0 spiro atoms. The lowest BCUT2D eigenvalue weighted by molar-refractivity contribution is 0.474. The van der Waals surface area contributed by atoms with Gasteiger partial charge in [0.15, 0.2) is 0 Å². The van der Waals surface area contributed by atoms with Crippen molar-refractivity contribution in [3.05, 3.63) is 101 Å². The van der Waals surface area contributed by atoms with Gasteiger partial charge in [0.05, 0.1) is 6.21 Å². The zero-order chi connectivity index (χ0) is 23.8. The number of rotatable bonds is 9. The number of nitrogens with one attached hydrogen (secondary N) is 3. The van der Waals surface area contributed by atoms with Crippen LogP contribution in [0.2, 0.25) is 0 Å². The highest BCUT2D eigenvalue weighted by Gasteiger charge is 2.07. The Labute approximate surface area is 194 Å². The Bertz CT molecular complexity index is 1200. The molecule has 0 radical (unpaired) electrons. The molecule has 1 heterocycles. The zero-order valence-electron chi connectivity index (χ0n) is 17.9. The third-order valence-electron chi connectivity index (χ3n) is 4.67. The average molecular weight is 461 g/mol. The summed E-state index contributed by atoms with van der Waals surface area (Å²) in [6, 6.07) is 18.9. The van der Waals surface area contributed by atoms with Gasteiger partial charge in [0.2, 0.25) is 17.8 Å². The molecule has 0 saturated heterocycles. The van der Waals surface area contributed by atoms with Crippen LogP contribution in [-0.4, -0.2) is 26.3 Å². The summed E-state index contributed by atoms with van der Waals surface area (Å²) in [5, 5.41) is 20.1. The number of nitrogens with zero attached hydrogens (tertiary/aromatic N) is 4. The van der Waals surface area contributed by atoms with E-state index in [-0.39, 0.29) is 35.2 Å². The van der Waals surface area contributed by atoms with E-state index in [0.29, 0.717) is 18.7 Å². The SMILES string of the molecule is Oc1ccccc1/C=N/Nc1nc(NCc2ccc(F)cc2)nc(NCc2ccc(F)cc2)n1. The van der Waals surface area contributed by atoms with Gasteiger partial charge in [-0.1, -0.05) is 36.4 Å². The Morgan fingerprint density at radius 2 is 1.21 bits per heavy atom. The molecular formula is C24H21F2N7O. The molecule has 1 aromatic heterocycles. The monoisotopic (exact) mass is 461 g/mol. The molecule has 3 aromatic carbocycles. The third-order valence-corrected chi connectivity index (χ3v) is 4.67. The van der Waals surface area contributed by atoms with Gasteiger partial charge >= 0.3 is 0 Å². The molecule has 0 bridgehead atoms. The van der Waals surface area contributed by atoms with Gasteiger partial charge in [-0.3, -0.25) is 0 Å². The van der Waals surface area contributed by atoms with Crippen molar-refractivity contribution in [3.8, 4) is 5.75 Å². The van der Waals surface area contributed by atoms with E-state index in [1.807, 2.05) is 0 Å². The summed E-state index contributed by atoms with van der Waals surface area (Å²) in [6.07, 6.45) is 1.44. The number of aromatic hydroxyl groups is 1. The van der Waals surface area contributed by atoms with E-state index in [1.165, 1.54) is 30.5 Å². The molecule has 0 fully saturated rings. The summed E-state index contributed by atoms with van der Waals surface area (Å²) >= 11 is 0. The first kappa shape index (κ1) is 22.6. The highest BCUT2D eigenvalue weighted by Crippen LogP contribution is 2.15. The van der Waals surface area contributed by atoms with Gasteiger partial charge in [0, 0.05) is 18.7 Å². The Kier molecular flexibility index (Phi) is 7.19. The van der Waals surface area contributed by atoms with Gasteiger partial charge in [-0.15, -0.1) is 0 Å². The highest BCUT2D eigenvalue weighted by atomic mass is 19.1. The maximum Gasteiger partial charge on any atom is 0.250 e. The smallest absolute Gasteiger partial charge is 0.250 e. The van der Waals surface area contributed by atoms with Crippen LogP contribution < -0.4 is 16.1 Å². The number of para-hydroxylation sites is 1. The lowest BCUT2D eigenvalue weighted by Gasteiger charge is -2.10. The molecular weight excluding hydrogens is 440 g/mol.